The summed E-state index contributed by atoms with van der Waals surface area (Å²) in [5, 5.41) is 6.91. The minimum absolute atomic E-state index is 0.351. The van der Waals surface area contributed by atoms with E-state index in [4.69, 9.17) is 4.99 Å². The van der Waals surface area contributed by atoms with Gasteiger partial charge in [0.05, 0.1) is 10.6 Å². The molecule has 1 aliphatic heterocycles. The van der Waals surface area contributed by atoms with Crippen molar-refractivity contribution in [1.82, 2.24) is 20.5 Å². The number of nitrogens with one attached hydrogen (secondary N) is 2. The van der Waals surface area contributed by atoms with Crippen LogP contribution in [0, 0.1) is 0 Å². The number of hydrogen-bond acceptors (Lipinski definition) is 5. The van der Waals surface area contributed by atoms with Crippen molar-refractivity contribution in [3.63, 3.8) is 0 Å². The fourth-order valence-electron chi connectivity index (χ4n) is 3.67. The maximum Gasteiger partial charge on any atom is 0.191 e. The van der Waals surface area contributed by atoms with Crippen LogP contribution in [0.2, 0.25) is 0 Å². The van der Waals surface area contributed by atoms with Crippen molar-refractivity contribution in [3.05, 3.63) is 59.9 Å². The number of guanidine groups is 1. The first kappa shape index (κ1) is 23.2. The van der Waals surface area contributed by atoms with Crippen LogP contribution in [0.3, 0.4) is 0 Å². The Kier molecular flexibility index (Phi) is 8.43. The van der Waals surface area contributed by atoms with Crippen LogP contribution in [0.25, 0.3) is 0 Å². The summed E-state index contributed by atoms with van der Waals surface area (Å²) in [6, 6.07) is 13.5. The molecule has 0 aliphatic carbocycles. The first-order chi connectivity index (χ1) is 14.9. The van der Waals surface area contributed by atoms with Gasteiger partial charge in [-0.1, -0.05) is 18.2 Å². The highest BCUT2D eigenvalue weighted by Gasteiger charge is 2.20. The molecule has 0 atom stereocenters. The Morgan fingerprint density at radius 1 is 1.16 bits per heavy atom. The van der Waals surface area contributed by atoms with Crippen LogP contribution in [0.1, 0.15) is 31.0 Å². The summed E-state index contributed by atoms with van der Waals surface area (Å²) >= 11 is 0. The summed E-state index contributed by atoms with van der Waals surface area (Å²) in [4.78, 5) is 11.9. The zero-order valence-corrected chi connectivity index (χ0v) is 19.2. The molecule has 0 spiro atoms. The van der Waals surface area contributed by atoms with Gasteiger partial charge in [-0.05, 0) is 56.0 Å². The largest absolute Gasteiger partial charge is 0.357 e. The Morgan fingerprint density at radius 3 is 2.52 bits per heavy atom. The number of pyridine rings is 1. The fourth-order valence-corrected chi connectivity index (χ4v) is 4.30. The molecule has 1 fully saturated rings. The molecule has 31 heavy (non-hydrogen) atoms. The molecule has 1 aromatic heterocycles. The number of sulfone groups is 1. The highest BCUT2D eigenvalue weighted by molar-refractivity contribution is 7.90. The Hall–Kier alpha value is -2.45. The molecule has 0 unspecified atom stereocenters. The maximum absolute atomic E-state index is 11.6. The van der Waals surface area contributed by atoms with Gasteiger partial charge in [-0.25, -0.2) is 8.42 Å². The molecule has 1 aliphatic rings. The second-order valence-electron chi connectivity index (χ2n) is 7.94. The van der Waals surface area contributed by atoms with E-state index in [0.29, 0.717) is 17.5 Å². The summed E-state index contributed by atoms with van der Waals surface area (Å²) < 4.78 is 23.2. The Labute approximate surface area is 185 Å². The molecule has 0 saturated carbocycles. The molecule has 0 amide bonds. The van der Waals surface area contributed by atoms with Crippen LogP contribution < -0.4 is 10.6 Å². The molecule has 7 nitrogen and oxygen atoms in total. The third-order valence-electron chi connectivity index (χ3n) is 5.41. The number of aromatic nitrogens is 1. The van der Waals surface area contributed by atoms with Crippen molar-refractivity contribution in [1.29, 1.82) is 0 Å². The predicted octanol–water partition coefficient (Wildman–Crippen LogP) is 2.25. The van der Waals surface area contributed by atoms with E-state index in [1.807, 2.05) is 30.5 Å². The van der Waals surface area contributed by atoms with Crippen molar-refractivity contribution in [2.45, 2.75) is 43.7 Å². The predicted molar refractivity (Wildman–Crippen MR) is 125 cm³/mol. The van der Waals surface area contributed by atoms with E-state index in [2.05, 4.69) is 33.5 Å². The Balaban J connectivity index is 1.46. The standard InChI is InChI=1S/C23H33N5O2S/c1-3-24-23(26-15-11-19-7-9-22(10-8-19)31(2,29)30)27-20-12-16-28(17-13-20)18-21-6-4-5-14-25-21/h4-10,14,20H,3,11-13,15-18H2,1-2H3,(H2,24,26,27). The topological polar surface area (TPSA) is 86.7 Å². The highest BCUT2D eigenvalue weighted by atomic mass is 32.2. The highest BCUT2D eigenvalue weighted by Crippen LogP contribution is 2.13. The number of benzene rings is 1. The number of rotatable bonds is 8. The van der Waals surface area contributed by atoms with Gasteiger partial charge < -0.3 is 10.6 Å². The molecule has 1 saturated heterocycles. The van der Waals surface area contributed by atoms with Gasteiger partial charge >= 0.3 is 0 Å². The van der Waals surface area contributed by atoms with Crippen molar-refractivity contribution < 1.29 is 8.42 Å². The van der Waals surface area contributed by atoms with E-state index in [9.17, 15) is 8.42 Å². The fraction of sp³-hybridized carbons (Fsp3) is 0.478. The molecule has 2 aromatic rings. The lowest BCUT2D eigenvalue weighted by Crippen LogP contribution is -2.48. The van der Waals surface area contributed by atoms with Gasteiger partial charge in [-0.15, -0.1) is 0 Å². The van der Waals surface area contributed by atoms with Crippen LogP contribution in [-0.4, -0.2) is 62.7 Å². The molecule has 3 rings (SSSR count). The second kappa shape index (κ2) is 11.2. The molecule has 168 valence electrons. The summed E-state index contributed by atoms with van der Waals surface area (Å²) in [6.45, 7) is 6.51. The minimum atomic E-state index is -3.15. The van der Waals surface area contributed by atoms with Crippen molar-refractivity contribution in [2.75, 3.05) is 32.4 Å². The molecule has 2 N–H and O–H groups in total. The zero-order valence-electron chi connectivity index (χ0n) is 18.4. The molecule has 2 heterocycles. The van der Waals surface area contributed by atoms with E-state index in [0.717, 1.165) is 62.7 Å². The lowest BCUT2D eigenvalue weighted by molar-refractivity contribution is 0.196. The summed E-state index contributed by atoms with van der Waals surface area (Å²) in [6.07, 6.45) is 5.99. The van der Waals surface area contributed by atoms with E-state index in [1.54, 1.807) is 12.1 Å². The van der Waals surface area contributed by atoms with Crippen LogP contribution in [-0.2, 0) is 22.8 Å². The van der Waals surface area contributed by atoms with Gasteiger partial charge in [0.15, 0.2) is 15.8 Å². The van der Waals surface area contributed by atoms with E-state index < -0.39 is 9.84 Å². The van der Waals surface area contributed by atoms with Gasteiger partial charge in [0.1, 0.15) is 0 Å². The number of piperidine rings is 1. The Bertz CT molecular complexity index is 938. The average Bonchev–Trinajstić information content (AvgIpc) is 2.76. The molecule has 0 bridgehead atoms. The van der Waals surface area contributed by atoms with Crippen molar-refractivity contribution in [2.24, 2.45) is 4.99 Å². The lowest BCUT2D eigenvalue weighted by atomic mass is 10.0. The van der Waals surface area contributed by atoms with Gasteiger partial charge in [0, 0.05) is 51.2 Å². The minimum Gasteiger partial charge on any atom is -0.357 e. The van der Waals surface area contributed by atoms with Crippen LogP contribution in [0.15, 0.2) is 58.5 Å². The van der Waals surface area contributed by atoms with E-state index >= 15 is 0 Å². The van der Waals surface area contributed by atoms with E-state index in [-0.39, 0.29) is 0 Å². The first-order valence-corrected chi connectivity index (χ1v) is 12.8. The van der Waals surface area contributed by atoms with Gasteiger partial charge in [-0.3, -0.25) is 14.9 Å². The number of likely N-dealkylation sites (tertiary alicyclic amines) is 1. The first-order valence-electron chi connectivity index (χ1n) is 10.9. The monoisotopic (exact) mass is 443 g/mol. The average molecular weight is 444 g/mol. The van der Waals surface area contributed by atoms with Gasteiger partial charge in [0.2, 0.25) is 0 Å². The molecule has 0 radical (unpaired) electrons. The van der Waals surface area contributed by atoms with Gasteiger partial charge in [0.25, 0.3) is 0 Å². The van der Waals surface area contributed by atoms with Crippen LogP contribution in [0.5, 0.6) is 0 Å². The lowest BCUT2D eigenvalue weighted by Gasteiger charge is -2.32. The summed E-state index contributed by atoms with van der Waals surface area (Å²) in [7, 11) is -3.15. The number of aliphatic imine (C=N–C) groups is 1. The second-order valence-corrected chi connectivity index (χ2v) is 9.96. The molecule has 8 heteroatoms. The third kappa shape index (κ3) is 7.63. The van der Waals surface area contributed by atoms with Crippen LogP contribution in [0.4, 0.5) is 0 Å². The normalized spacial score (nSPS) is 16.3. The van der Waals surface area contributed by atoms with Gasteiger partial charge in [-0.2, -0.15) is 0 Å². The maximum atomic E-state index is 11.6. The summed E-state index contributed by atoms with van der Waals surface area (Å²) in [5.41, 5.74) is 2.20. The molecular weight excluding hydrogens is 410 g/mol. The Morgan fingerprint density at radius 2 is 1.90 bits per heavy atom. The molecular formula is C23H33N5O2S. The van der Waals surface area contributed by atoms with Crippen molar-refractivity contribution in [3.8, 4) is 0 Å². The quantitative estimate of drug-likeness (QED) is 0.481. The SMILES string of the molecule is CCNC(=NCCc1ccc(S(C)(=O)=O)cc1)NC1CCN(Cc2ccccn2)CC1. The number of nitrogens with zero attached hydrogens (tertiary/aromatic N) is 3. The zero-order chi connectivity index (χ0) is 22.1. The van der Waals surface area contributed by atoms with E-state index in [1.165, 1.54) is 6.26 Å². The van der Waals surface area contributed by atoms with Crippen LogP contribution >= 0.6 is 0 Å². The summed E-state index contributed by atoms with van der Waals surface area (Å²) in [5.74, 6) is 0.846. The smallest absolute Gasteiger partial charge is 0.191 e. The van der Waals surface area contributed by atoms with Crippen molar-refractivity contribution >= 4 is 15.8 Å². The third-order valence-corrected chi connectivity index (χ3v) is 6.53. The molecule has 1 aromatic carbocycles. The number of hydrogen-bond donors (Lipinski definition) is 2.